The van der Waals surface area contributed by atoms with Crippen molar-refractivity contribution in [2.45, 2.75) is 52.9 Å². The van der Waals surface area contributed by atoms with Crippen molar-refractivity contribution in [1.82, 2.24) is 5.32 Å². The van der Waals surface area contributed by atoms with Gasteiger partial charge in [-0.15, -0.1) is 0 Å². The molecule has 0 unspecified atom stereocenters. The first-order valence-electron chi connectivity index (χ1n) is 6.92. The van der Waals surface area contributed by atoms with Crippen LogP contribution in [0.25, 0.3) is 0 Å². The molecule has 1 aliphatic carbocycles. The molecule has 1 rings (SSSR count). The highest BCUT2D eigenvalue weighted by molar-refractivity contribution is 4.71. The zero-order valence-electron chi connectivity index (χ0n) is 11.3. The molecule has 0 aromatic carbocycles. The van der Waals surface area contributed by atoms with Crippen molar-refractivity contribution in [2.75, 3.05) is 26.3 Å². The monoisotopic (exact) mass is 227 g/mol. The molecule has 1 fully saturated rings. The minimum atomic E-state index is 0.269. The summed E-state index contributed by atoms with van der Waals surface area (Å²) in [6.45, 7) is 10.7. The Bertz CT molecular complexity index is 174. The first kappa shape index (κ1) is 14.0. The van der Waals surface area contributed by atoms with Crippen LogP contribution in [0.5, 0.6) is 0 Å². The molecule has 0 aromatic rings. The molecule has 2 heteroatoms. The predicted molar refractivity (Wildman–Crippen MR) is 69.7 cm³/mol. The third-order valence-corrected chi connectivity index (χ3v) is 3.42. The molecule has 0 heterocycles. The maximum atomic E-state index is 5.89. The minimum absolute atomic E-state index is 0.269. The summed E-state index contributed by atoms with van der Waals surface area (Å²) in [5.74, 6) is 0.837. The highest BCUT2D eigenvalue weighted by atomic mass is 16.5. The van der Waals surface area contributed by atoms with Gasteiger partial charge in [0.15, 0.2) is 0 Å². The van der Waals surface area contributed by atoms with Gasteiger partial charge in [0.2, 0.25) is 0 Å². The van der Waals surface area contributed by atoms with E-state index in [0.717, 1.165) is 32.2 Å². The van der Waals surface area contributed by atoms with Crippen molar-refractivity contribution in [3.63, 3.8) is 0 Å². The Kier molecular flexibility index (Phi) is 6.37. The molecule has 1 aliphatic rings. The molecule has 0 radical (unpaired) electrons. The summed E-state index contributed by atoms with van der Waals surface area (Å²) in [5.41, 5.74) is 0.269. The molecule has 0 aromatic heterocycles. The first-order valence-corrected chi connectivity index (χ1v) is 6.92. The number of nitrogens with one attached hydrogen (secondary N) is 1. The molecule has 0 aliphatic heterocycles. The number of hydrogen-bond donors (Lipinski definition) is 1. The van der Waals surface area contributed by atoms with E-state index < -0.39 is 0 Å². The Labute approximate surface area is 101 Å². The lowest BCUT2D eigenvalue weighted by atomic mass is 9.90. The fourth-order valence-electron chi connectivity index (χ4n) is 2.37. The standard InChI is InChI=1S/C14H29NO/c1-4-15-11-14(2,3)12-16-10-13-8-6-5-7-9-13/h13,15H,4-12H2,1-3H3. The SMILES string of the molecule is CCNCC(C)(C)COCC1CCCCC1. The summed E-state index contributed by atoms with van der Waals surface area (Å²) < 4.78 is 5.89. The average molecular weight is 227 g/mol. The van der Waals surface area contributed by atoms with Crippen LogP contribution in [0, 0.1) is 11.3 Å². The van der Waals surface area contributed by atoms with Gasteiger partial charge in [0.1, 0.15) is 0 Å². The summed E-state index contributed by atoms with van der Waals surface area (Å²) >= 11 is 0. The highest BCUT2D eigenvalue weighted by Gasteiger charge is 2.19. The molecule has 2 nitrogen and oxygen atoms in total. The van der Waals surface area contributed by atoms with Gasteiger partial charge < -0.3 is 10.1 Å². The van der Waals surface area contributed by atoms with Crippen molar-refractivity contribution >= 4 is 0 Å². The van der Waals surface area contributed by atoms with E-state index in [0.29, 0.717) is 0 Å². The van der Waals surface area contributed by atoms with Gasteiger partial charge in [0, 0.05) is 18.6 Å². The molecule has 1 saturated carbocycles. The maximum Gasteiger partial charge on any atom is 0.0529 e. The fraction of sp³-hybridized carbons (Fsp3) is 1.00. The van der Waals surface area contributed by atoms with E-state index in [-0.39, 0.29) is 5.41 Å². The van der Waals surface area contributed by atoms with Crippen LogP contribution in [-0.2, 0) is 4.74 Å². The molecule has 0 spiro atoms. The predicted octanol–water partition coefficient (Wildman–Crippen LogP) is 3.22. The second-order valence-corrected chi connectivity index (χ2v) is 5.96. The quantitative estimate of drug-likeness (QED) is 0.721. The van der Waals surface area contributed by atoms with Gasteiger partial charge >= 0.3 is 0 Å². The highest BCUT2D eigenvalue weighted by Crippen LogP contribution is 2.24. The van der Waals surface area contributed by atoms with Gasteiger partial charge in [0.25, 0.3) is 0 Å². The average Bonchev–Trinajstić information content (AvgIpc) is 2.28. The van der Waals surface area contributed by atoms with Crippen LogP contribution in [0.1, 0.15) is 52.9 Å². The second-order valence-electron chi connectivity index (χ2n) is 5.96. The Balaban J connectivity index is 2.08. The van der Waals surface area contributed by atoms with E-state index in [2.05, 4.69) is 26.1 Å². The van der Waals surface area contributed by atoms with Crippen molar-refractivity contribution in [3.05, 3.63) is 0 Å². The maximum absolute atomic E-state index is 5.89. The molecule has 0 atom stereocenters. The minimum Gasteiger partial charge on any atom is -0.381 e. The van der Waals surface area contributed by atoms with Gasteiger partial charge in [0.05, 0.1) is 6.61 Å². The molecule has 96 valence electrons. The van der Waals surface area contributed by atoms with Gasteiger partial charge in [-0.3, -0.25) is 0 Å². The van der Waals surface area contributed by atoms with Gasteiger partial charge in [-0.05, 0) is 25.3 Å². The van der Waals surface area contributed by atoms with Gasteiger partial charge in [-0.1, -0.05) is 40.0 Å². The Morgan fingerprint density at radius 3 is 2.50 bits per heavy atom. The lowest BCUT2D eigenvalue weighted by molar-refractivity contribution is 0.0325. The zero-order chi connectivity index (χ0) is 11.9. The van der Waals surface area contributed by atoms with Gasteiger partial charge in [-0.2, -0.15) is 0 Å². The van der Waals surface area contributed by atoms with Crippen LogP contribution in [0.3, 0.4) is 0 Å². The van der Waals surface area contributed by atoms with Crippen LogP contribution in [0.15, 0.2) is 0 Å². The molecular formula is C14H29NO. The van der Waals surface area contributed by atoms with E-state index in [1.165, 1.54) is 32.1 Å². The third kappa shape index (κ3) is 5.86. The Morgan fingerprint density at radius 2 is 1.88 bits per heavy atom. The zero-order valence-corrected chi connectivity index (χ0v) is 11.3. The van der Waals surface area contributed by atoms with E-state index in [1.54, 1.807) is 0 Å². The van der Waals surface area contributed by atoms with E-state index in [4.69, 9.17) is 4.74 Å². The van der Waals surface area contributed by atoms with E-state index in [1.807, 2.05) is 0 Å². The summed E-state index contributed by atoms with van der Waals surface area (Å²) in [4.78, 5) is 0. The topological polar surface area (TPSA) is 21.3 Å². The summed E-state index contributed by atoms with van der Waals surface area (Å²) in [7, 11) is 0. The normalized spacial score (nSPS) is 18.9. The molecule has 0 saturated heterocycles. The summed E-state index contributed by atoms with van der Waals surface area (Å²) in [6, 6.07) is 0. The molecule has 0 bridgehead atoms. The second kappa shape index (κ2) is 7.29. The first-order chi connectivity index (χ1) is 7.64. The summed E-state index contributed by atoms with van der Waals surface area (Å²) in [6.07, 6.45) is 7.02. The number of ether oxygens (including phenoxy) is 1. The van der Waals surface area contributed by atoms with Crippen LogP contribution < -0.4 is 5.32 Å². The molecular weight excluding hydrogens is 198 g/mol. The van der Waals surface area contributed by atoms with Crippen LogP contribution >= 0.6 is 0 Å². The molecule has 1 N–H and O–H groups in total. The fourth-order valence-corrected chi connectivity index (χ4v) is 2.37. The molecule has 0 amide bonds. The van der Waals surface area contributed by atoms with Crippen molar-refractivity contribution < 1.29 is 4.74 Å². The largest absolute Gasteiger partial charge is 0.381 e. The van der Waals surface area contributed by atoms with Crippen LogP contribution in [-0.4, -0.2) is 26.3 Å². The number of hydrogen-bond acceptors (Lipinski definition) is 2. The van der Waals surface area contributed by atoms with Crippen molar-refractivity contribution in [3.8, 4) is 0 Å². The van der Waals surface area contributed by atoms with E-state index in [9.17, 15) is 0 Å². The van der Waals surface area contributed by atoms with Gasteiger partial charge in [-0.25, -0.2) is 0 Å². The Morgan fingerprint density at radius 1 is 1.19 bits per heavy atom. The van der Waals surface area contributed by atoms with Crippen molar-refractivity contribution in [1.29, 1.82) is 0 Å². The lowest BCUT2D eigenvalue weighted by Crippen LogP contribution is -2.33. The molecule has 16 heavy (non-hydrogen) atoms. The van der Waals surface area contributed by atoms with Crippen molar-refractivity contribution in [2.24, 2.45) is 11.3 Å². The van der Waals surface area contributed by atoms with Crippen LogP contribution in [0.2, 0.25) is 0 Å². The smallest absolute Gasteiger partial charge is 0.0529 e. The van der Waals surface area contributed by atoms with E-state index >= 15 is 0 Å². The summed E-state index contributed by atoms with van der Waals surface area (Å²) in [5, 5.41) is 3.40. The number of rotatable bonds is 7. The lowest BCUT2D eigenvalue weighted by Gasteiger charge is -2.27. The Hall–Kier alpha value is -0.0800. The van der Waals surface area contributed by atoms with Crippen LogP contribution in [0.4, 0.5) is 0 Å². The third-order valence-electron chi connectivity index (χ3n) is 3.42.